The molecule has 0 bridgehead atoms. The molecule has 0 rings (SSSR count). The maximum absolute atomic E-state index is 6.75. The highest BCUT2D eigenvalue weighted by Crippen LogP contribution is 2.08. The first-order valence-corrected chi connectivity index (χ1v) is 4.67. The lowest BCUT2D eigenvalue weighted by Crippen LogP contribution is -1.95. The number of hydrogen-bond donors (Lipinski definition) is 1. The van der Waals surface area contributed by atoms with Crippen molar-refractivity contribution in [1.82, 2.24) is 0 Å². The summed E-state index contributed by atoms with van der Waals surface area (Å²) in [5.41, 5.74) is 6.75. The molecule has 0 fully saturated rings. The van der Waals surface area contributed by atoms with Crippen LogP contribution in [-0.4, -0.2) is 6.04 Å². The van der Waals surface area contributed by atoms with Crippen molar-refractivity contribution in [3.05, 3.63) is 0 Å². The Hall–Kier alpha value is -0.400. The van der Waals surface area contributed by atoms with Gasteiger partial charge >= 0.3 is 0 Å². The van der Waals surface area contributed by atoms with Gasteiger partial charge in [-0.15, -0.1) is 0 Å². The molecule has 0 aromatic heterocycles. The molecule has 0 saturated heterocycles. The van der Waals surface area contributed by atoms with E-state index in [0.29, 0.717) is 0 Å². The lowest BCUT2D eigenvalue weighted by atomic mass is 10.1. The highest BCUT2D eigenvalue weighted by molar-refractivity contribution is 4.55. The molecule has 0 heterocycles. The maximum Gasteiger partial charge on any atom is 0.0677 e. The van der Waals surface area contributed by atoms with Gasteiger partial charge in [-0.05, 0) is 13.3 Å². The normalized spacial score (nSPS) is 12.9. The molecule has 0 aromatic carbocycles. The third-order valence-electron chi connectivity index (χ3n) is 1.95. The first-order valence-electron chi connectivity index (χ1n) is 4.67. The van der Waals surface area contributed by atoms with Gasteiger partial charge in [0.1, 0.15) is 0 Å². The molecule has 2 nitrogen and oxygen atoms in total. The third-order valence-corrected chi connectivity index (χ3v) is 1.95. The van der Waals surface area contributed by atoms with Crippen LogP contribution in [0.25, 0.3) is 0 Å². The molecule has 0 aliphatic carbocycles. The molecular formula is C9H20N2. The fraction of sp³-hybridized carbons (Fsp3) is 1.00. The molecule has 0 aliphatic heterocycles. The Morgan fingerprint density at radius 3 is 2.36 bits per heavy atom. The second kappa shape index (κ2) is 7.70. The topological polar surface area (TPSA) is 36.2 Å². The molecule has 1 atom stereocenters. The number of hydrogen-bond acceptors (Lipinski definition) is 2. The molecule has 1 unspecified atom stereocenters. The summed E-state index contributed by atoms with van der Waals surface area (Å²) in [5, 5.41) is 3.46. The fourth-order valence-corrected chi connectivity index (χ4v) is 1.11. The lowest BCUT2D eigenvalue weighted by Gasteiger charge is -2.02. The number of unbranched alkanes of at least 4 members (excludes halogenated alkanes) is 4. The van der Waals surface area contributed by atoms with E-state index in [0.717, 1.165) is 6.42 Å². The Labute approximate surface area is 69.9 Å². The van der Waals surface area contributed by atoms with Gasteiger partial charge in [-0.25, -0.2) is 5.53 Å². The molecule has 0 spiro atoms. The minimum Gasteiger partial charge on any atom is -0.210 e. The number of nitrogens with zero attached hydrogens (tertiary/aromatic N) is 1. The van der Waals surface area contributed by atoms with Crippen molar-refractivity contribution in [1.29, 1.82) is 5.53 Å². The van der Waals surface area contributed by atoms with Crippen molar-refractivity contribution in [2.75, 3.05) is 0 Å². The Kier molecular flexibility index (Phi) is 7.42. The van der Waals surface area contributed by atoms with E-state index in [-0.39, 0.29) is 6.04 Å². The zero-order chi connectivity index (χ0) is 8.53. The molecule has 0 amide bonds. The standard InChI is InChI=1S/C9H20N2/c1-3-4-5-6-7-8-9(2)11-10/h9-10H,3-8H2,1-2H3. The van der Waals surface area contributed by atoms with Crippen molar-refractivity contribution in [3.63, 3.8) is 0 Å². The van der Waals surface area contributed by atoms with Crippen LogP contribution in [0.2, 0.25) is 0 Å². The van der Waals surface area contributed by atoms with E-state index >= 15 is 0 Å². The summed E-state index contributed by atoms with van der Waals surface area (Å²) in [4.78, 5) is 0. The van der Waals surface area contributed by atoms with Gasteiger partial charge in [0, 0.05) is 0 Å². The minimum absolute atomic E-state index is 0.247. The predicted molar refractivity (Wildman–Crippen MR) is 48.0 cm³/mol. The second-order valence-corrected chi connectivity index (χ2v) is 3.18. The lowest BCUT2D eigenvalue weighted by molar-refractivity contribution is 0.546. The van der Waals surface area contributed by atoms with Gasteiger partial charge in [0.05, 0.1) is 6.04 Å². The first-order chi connectivity index (χ1) is 5.31. The predicted octanol–water partition coefficient (Wildman–Crippen LogP) is 3.77. The highest BCUT2D eigenvalue weighted by atomic mass is 15.0. The van der Waals surface area contributed by atoms with Crippen LogP contribution in [0.15, 0.2) is 5.11 Å². The van der Waals surface area contributed by atoms with Gasteiger partial charge in [0.2, 0.25) is 0 Å². The zero-order valence-electron chi connectivity index (χ0n) is 7.77. The summed E-state index contributed by atoms with van der Waals surface area (Å²) < 4.78 is 0. The van der Waals surface area contributed by atoms with Crippen molar-refractivity contribution in [2.45, 2.75) is 58.4 Å². The highest BCUT2D eigenvalue weighted by Gasteiger charge is 1.96. The average Bonchev–Trinajstić information content (AvgIpc) is 2.04. The SMILES string of the molecule is CCCCCCCC(C)N=N. The molecule has 11 heavy (non-hydrogen) atoms. The molecular weight excluding hydrogens is 136 g/mol. The van der Waals surface area contributed by atoms with Crippen LogP contribution in [0.4, 0.5) is 0 Å². The van der Waals surface area contributed by atoms with Crippen molar-refractivity contribution < 1.29 is 0 Å². The van der Waals surface area contributed by atoms with Gasteiger partial charge in [-0.1, -0.05) is 39.0 Å². The van der Waals surface area contributed by atoms with Gasteiger partial charge < -0.3 is 0 Å². The van der Waals surface area contributed by atoms with Gasteiger partial charge in [-0.2, -0.15) is 5.11 Å². The van der Waals surface area contributed by atoms with Crippen LogP contribution in [0, 0.1) is 5.53 Å². The van der Waals surface area contributed by atoms with E-state index in [4.69, 9.17) is 5.53 Å². The Balaban J connectivity index is 2.95. The Morgan fingerprint density at radius 2 is 1.82 bits per heavy atom. The molecule has 0 saturated carbocycles. The van der Waals surface area contributed by atoms with Crippen molar-refractivity contribution in [3.8, 4) is 0 Å². The summed E-state index contributed by atoms with van der Waals surface area (Å²) in [7, 11) is 0. The fourth-order valence-electron chi connectivity index (χ4n) is 1.11. The van der Waals surface area contributed by atoms with E-state index in [1.807, 2.05) is 6.92 Å². The monoisotopic (exact) mass is 156 g/mol. The van der Waals surface area contributed by atoms with E-state index in [1.165, 1.54) is 32.1 Å². The molecule has 2 heteroatoms. The third kappa shape index (κ3) is 7.50. The largest absolute Gasteiger partial charge is 0.210 e. The zero-order valence-corrected chi connectivity index (χ0v) is 7.77. The molecule has 0 radical (unpaired) electrons. The summed E-state index contributed by atoms with van der Waals surface area (Å²) in [6.45, 7) is 4.23. The Morgan fingerprint density at radius 1 is 1.18 bits per heavy atom. The van der Waals surface area contributed by atoms with Crippen LogP contribution < -0.4 is 0 Å². The first kappa shape index (κ1) is 10.6. The van der Waals surface area contributed by atoms with Crippen LogP contribution in [0.3, 0.4) is 0 Å². The molecule has 0 aromatic rings. The van der Waals surface area contributed by atoms with E-state index in [9.17, 15) is 0 Å². The molecule has 1 N–H and O–H groups in total. The summed E-state index contributed by atoms with van der Waals surface area (Å²) in [5.74, 6) is 0. The summed E-state index contributed by atoms with van der Waals surface area (Å²) >= 11 is 0. The Bertz CT molecular complexity index is 91.6. The van der Waals surface area contributed by atoms with Crippen LogP contribution >= 0.6 is 0 Å². The number of nitrogens with one attached hydrogen (secondary N) is 1. The second-order valence-electron chi connectivity index (χ2n) is 3.18. The van der Waals surface area contributed by atoms with Crippen LogP contribution in [0.5, 0.6) is 0 Å². The summed E-state index contributed by atoms with van der Waals surface area (Å²) in [6, 6.07) is 0.247. The minimum atomic E-state index is 0.247. The number of rotatable bonds is 7. The maximum atomic E-state index is 6.75. The molecule has 0 aliphatic rings. The quantitative estimate of drug-likeness (QED) is 0.430. The van der Waals surface area contributed by atoms with Crippen LogP contribution in [-0.2, 0) is 0 Å². The summed E-state index contributed by atoms with van der Waals surface area (Å²) in [6.07, 6.45) is 7.65. The van der Waals surface area contributed by atoms with Crippen molar-refractivity contribution in [2.24, 2.45) is 5.11 Å². The van der Waals surface area contributed by atoms with Gasteiger partial charge in [-0.3, -0.25) is 0 Å². The van der Waals surface area contributed by atoms with Crippen molar-refractivity contribution >= 4 is 0 Å². The van der Waals surface area contributed by atoms with Gasteiger partial charge in [0.15, 0.2) is 0 Å². The van der Waals surface area contributed by atoms with E-state index in [2.05, 4.69) is 12.0 Å². The van der Waals surface area contributed by atoms with E-state index in [1.54, 1.807) is 0 Å². The van der Waals surface area contributed by atoms with Gasteiger partial charge in [0.25, 0.3) is 0 Å². The average molecular weight is 156 g/mol. The van der Waals surface area contributed by atoms with Crippen LogP contribution in [0.1, 0.15) is 52.4 Å². The molecule has 66 valence electrons. The smallest absolute Gasteiger partial charge is 0.0677 e. The van der Waals surface area contributed by atoms with E-state index < -0.39 is 0 Å².